The van der Waals surface area contributed by atoms with Crippen molar-refractivity contribution < 1.29 is 13.2 Å². The molecule has 1 fully saturated rings. The Bertz CT molecular complexity index is 930. The van der Waals surface area contributed by atoms with E-state index in [-0.39, 0.29) is 5.92 Å². The molecule has 2 unspecified atom stereocenters. The Balaban J connectivity index is 1.68. The van der Waals surface area contributed by atoms with Gasteiger partial charge in [0.1, 0.15) is 0 Å². The Morgan fingerprint density at radius 2 is 1.74 bits per heavy atom. The van der Waals surface area contributed by atoms with Crippen LogP contribution in [0, 0.1) is 11.3 Å². The van der Waals surface area contributed by atoms with Crippen LogP contribution in [0.25, 0.3) is 0 Å². The highest BCUT2D eigenvalue weighted by molar-refractivity contribution is 6.10. The number of hydrogen-bond acceptors (Lipinski definition) is 3. The van der Waals surface area contributed by atoms with Gasteiger partial charge in [-0.2, -0.15) is 13.2 Å². The largest absolute Gasteiger partial charge is 0.416 e. The number of alkyl halides is 3. The van der Waals surface area contributed by atoms with Crippen molar-refractivity contribution in [1.82, 2.24) is 4.90 Å². The third kappa shape index (κ3) is 3.92. The molecule has 166 valence electrons. The fraction of sp³-hybridized carbons (Fsp3) is 0.480. The standard InChI is InChI=1S/C25H30F3N3/c1-17(10-13-29)31-14-11-20(12-15-31)24(16-18-4-2-3-5-22(18)23(24)30)19-6-8-21(9-7-19)25(26,27)28/h2-9,17,20,30H,10-16,29H2,1H3. The molecule has 0 aromatic heterocycles. The highest BCUT2D eigenvalue weighted by Gasteiger charge is 2.50. The number of piperidine rings is 1. The summed E-state index contributed by atoms with van der Waals surface area (Å²) in [6, 6.07) is 13.9. The molecule has 1 heterocycles. The molecule has 2 aromatic rings. The Kier molecular flexibility index (Phi) is 5.97. The molecule has 31 heavy (non-hydrogen) atoms. The molecule has 4 rings (SSSR count). The van der Waals surface area contributed by atoms with Crippen LogP contribution in [0.4, 0.5) is 13.2 Å². The first kappa shape index (κ1) is 22.0. The molecule has 2 aromatic carbocycles. The first-order valence-electron chi connectivity index (χ1n) is 11.1. The molecule has 1 aliphatic carbocycles. The minimum Gasteiger partial charge on any atom is -0.330 e. The Hall–Kier alpha value is -2.18. The Morgan fingerprint density at radius 1 is 1.10 bits per heavy atom. The minimum atomic E-state index is -4.36. The van der Waals surface area contributed by atoms with Crippen LogP contribution in [-0.2, 0) is 18.0 Å². The quantitative estimate of drug-likeness (QED) is 0.702. The maximum atomic E-state index is 13.2. The van der Waals surface area contributed by atoms with Crippen LogP contribution < -0.4 is 5.73 Å². The summed E-state index contributed by atoms with van der Waals surface area (Å²) in [5.74, 6) is 0.213. The van der Waals surface area contributed by atoms with Crippen molar-refractivity contribution in [3.8, 4) is 0 Å². The SMILES string of the molecule is CC(CCN)N1CCC(C2(c3ccc(C(F)(F)F)cc3)Cc3ccccc3C2=N)CC1. The first-order valence-corrected chi connectivity index (χ1v) is 11.1. The van der Waals surface area contributed by atoms with Gasteiger partial charge in [-0.15, -0.1) is 0 Å². The van der Waals surface area contributed by atoms with E-state index in [1.165, 1.54) is 12.1 Å². The molecule has 3 nitrogen and oxygen atoms in total. The fourth-order valence-corrected chi connectivity index (χ4v) is 5.59. The van der Waals surface area contributed by atoms with Gasteiger partial charge in [-0.3, -0.25) is 0 Å². The maximum absolute atomic E-state index is 13.2. The number of benzene rings is 2. The van der Waals surface area contributed by atoms with Gasteiger partial charge in [0.2, 0.25) is 0 Å². The molecule has 0 amide bonds. The van der Waals surface area contributed by atoms with Gasteiger partial charge in [0, 0.05) is 11.5 Å². The lowest BCUT2D eigenvalue weighted by Gasteiger charge is -2.44. The van der Waals surface area contributed by atoms with Gasteiger partial charge in [-0.25, -0.2) is 0 Å². The number of hydrogen-bond donors (Lipinski definition) is 2. The van der Waals surface area contributed by atoms with Crippen LogP contribution in [0.3, 0.4) is 0 Å². The zero-order chi connectivity index (χ0) is 22.2. The topological polar surface area (TPSA) is 53.1 Å². The third-order valence-corrected chi connectivity index (χ3v) is 7.36. The van der Waals surface area contributed by atoms with E-state index in [0.29, 0.717) is 24.7 Å². The van der Waals surface area contributed by atoms with Gasteiger partial charge in [0.05, 0.1) is 11.3 Å². The van der Waals surface area contributed by atoms with E-state index in [1.54, 1.807) is 12.1 Å². The zero-order valence-corrected chi connectivity index (χ0v) is 17.9. The fourth-order valence-electron chi connectivity index (χ4n) is 5.59. The summed E-state index contributed by atoms with van der Waals surface area (Å²) in [5.41, 5.74) is 7.95. The summed E-state index contributed by atoms with van der Waals surface area (Å²) in [7, 11) is 0. The molecule has 0 spiro atoms. The number of nitrogens with two attached hydrogens (primary N) is 1. The summed E-state index contributed by atoms with van der Waals surface area (Å²) in [6.45, 7) is 4.72. The maximum Gasteiger partial charge on any atom is 0.416 e. The molecule has 1 saturated heterocycles. The molecular weight excluding hydrogens is 399 g/mol. The summed E-state index contributed by atoms with van der Waals surface area (Å²) in [4.78, 5) is 2.45. The van der Waals surface area contributed by atoms with Gasteiger partial charge < -0.3 is 16.0 Å². The molecular formula is C25H30F3N3. The Morgan fingerprint density at radius 3 is 2.32 bits per heavy atom. The number of likely N-dealkylation sites (tertiary alicyclic amines) is 1. The monoisotopic (exact) mass is 429 g/mol. The minimum absolute atomic E-state index is 0.213. The van der Waals surface area contributed by atoms with E-state index in [2.05, 4.69) is 11.8 Å². The highest BCUT2D eigenvalue weighted by atomic mass is 19.4. The molecule has 0 saturated carbocycles. The zero-order valence-electron chi connectivity index (χ0n) is 17.9. The molecule has 6 heteroatoms. The number of halogens is 3. The van der Waals surface area contributed by atoms with E-state index in [1.807, 2.05) is 24.3 Å². The summed E-state index contributed by atoms with van der Waals surface area (Å²) < 4.78 is 39.5. The lowest BCUT2D eigenvalue weighted by molar-refractivity contribution is -0.137. The van der Waals surface area contributed by atoms with E-state index < -0.39 is 17.2 Å². The molecule has 2 atom stereocenters. The number of nitrogens with zero attached hydrogens (tertiary/aromatic N) is 1. The molecule has 1 aliphatic heterocycles. The average Bonchev–Trinajstić information content (AvgIpc) is 3.07. The van der Waals surface area contributed by atoms with Crippen molar-refractivity contribution in [2.75, 3.05) is 19.6 Å². The highest BCUT2D eigenvalue weighted by Crippen LogP contribution is 2.49. The second kappa shape index (κ2) is 8.40. The Labute approximate surface area is 182 Å². The second-order valence-corrected chi connectivity index (χ2v) is 8.99. The van der Waals surface area contributed by atoms with Crippen LogP contribution in [0.5, 0.6) is 0 Å². The van der Waals surface area contributed by atoms with Crippen LogP contribution in [0.1, 0.15) is 48.4 Å². The van der Waals surface area contributed by atoms with Crippen LogP contribution in [0.15, 0.2) is 48.5 Å². The summed E-state index contributed by atoms with van der Waals surface area (Å²) >= 11 is 0. The molecule has 2 aliphatic rings. The summed E-state index contributed by atoms with van der Waals surface area (Å²) in [5, 5.41) is 9.13. The van der Waals surface area contributed by atoms with Gasteiger partial charge >= 0.3 is 6.18 Å². The van der Waals surface area contributed by atoms with E-state index in [0.717, 1.165) is 49.0 Å². The predicted octanol–water partition coefficient (Wildman–Crippen LogP) is 5.02. The number of rotatable bonds is 5. The van der Waals surface area contributed by atoms with Crippen molar-refractivity contribution in [3.63, 3.8) is 0 Å². The average molecular weight is 430 g/mol. The van der Waals surface area contributed by atoms with Crippen LogP contribution in [0.2, 0.25) is 0 Å². The van der Waals surface area contributed by atoms with Crippen molar-refractivity contribution in [2.45, 2.75) is 50.2 Å². The lowest BCUT2D eigenvalue weighted by Crippen LogP contribution is -2.49. The summed E-state index contributed by atoms with van der Waals surface area (Å²) in [6.07, 6.45) is -0.882. The van der Waals surface area contributed by atoms with Gasteiger partial charge in [0.25, 0.3) is 0 Å². The normalized spacial score (nSPS) is 23.7. The van der Waals surface area contributed by atoms with Crippen LogP contribution >= 0.6 is 0 Å². The third-order valence-electron chi connectivity index (χ3n) is 7.36. The molecule has 3 N–H and O–H groups in total. The van der Waals surface area contributed by atoms with Crippen molar-refractivity contribution in [3.05, 3.63) is 70.8 Å². The lowest BCUT2D eigenvalue weighted by atomic mass is 9.63. The smallest absolute Gasteiger partial charge is 0.330 e. The van der Waals surface area contributed by atoms with E-state index in [4.69, 9.17) is 11.1 Å². The van der Waals surface area contributed by atoms with E-state index in [9.17, 15) is 13.2 Å². The van der Waals surface area contributed by atoms with E-state index >= 15 is 0 Å². The van der Waals surface area contributed by atoms with Crippen molar-refractivity contribution in [1.29, 1.82) is 5.41 Å². The molecule has 0 radical (unpaired) electrons. The van der Waals surface area contributed by atoms with Gasteiger partial charge in [0.15, 0.2) is 0 Å². The second-order valence-electron chi connectivity index (χ2n) is 8.99. The van der Waals surface area contributed by atoms with Crippen LogP contribution in [-0.4, -0.2) is 36.3 Å². The number of fused-ring (bicyclic) bond motifs is 1. The molecule has 0 bridgehead atoms. The number of nitrogens with one attached hydrogen (secondary N) is 1. The van der Waals surface area contributed by atoms with Gasteiger partial charge in [-0.1, -0.05) is 36.4 Å². The predicted molar refractivity (Wildman–Crippen MR) is 118 cm³/mol. The van der Waals surface area contributed by atoms with Crippen molar-refractivity contribution in [2.24, 2.45) is 11.7 Å². The first-order chi connectivity index (χ1) is 14.8. The van der Waals surface area contributed by atoms with Gasteiger partial charge in [-0.05, 0) is 87.0 Å². The van der Waals surface area contributed by atoms with Crippen molar-refractivity contribution >= 4 is 5.71 Å².